The molecule has 0 amide bonds. The van der Waals surface area contributed by atoms with Gasteiger partial charge >= 0.3 is 5.97 Å². The fourth-order valence-electron chi connectivity index (χ4n) is 1.90. The van der Waals surface area contributed by atoms with E-state index in [9.17, 15) is 13.2 Å². The molecule has 5 nitrogen and oxygen atoms in total. The van der Waals surface area contributed by atoms with Gasteiger partial charge in [0.1, 0.15) is 0 Å². The Labute approximate surface area is 103 Å². The highest BCUT2D eigenvalue weighted by Crippen LogP contribution is 2.12. The molecule has 6 heteroatoms. The number of carbonyl (C=O) groups excluding carboxylic acids is 1. The molecule has 0 spiro atoms. The maximum Gasteiger partial charge on any atom is 0.309 e. The highest BCUT2D eigenvalue weighted by Gasteiger charge is 2.25. The van der Waals surface area contributed by atoms with Crippen LogP contribution in [0.1, 0.15) is 26.7 Å². The second-order valence-electron chi connectivity index (χ2n) is 4.51. The first-order valence-corrected chi connectivity index (χ1v) is 7.87. The van der Waals surface area contributed by atoms with Crippen molar-refractivity contribution in [2.45, 2.75) is 32.7 Å². The molecule has 1 aliphatic rings. The van der Waals surface area contributed by atoms with E-state index in [0.29, 0.717) is 25.3 Å². The maximum absolute atomic E-state index is 11.4. The lowest BCUT2D eigenvalue weighted by Crippen LogP contribution is -2.43. The van der Waals surface area contributed by atoms with Crippen molar-refractivity contribution in [2.24, 2.45) is 5.92 Å². The summed E-state index contributed by atoms with van der Waals surface area (Å²) in [4.78, 5) is 11.4. The van der Waals surface area contributed by atoms with Crippen LogP contribution in [0.2, 0.25) is 0 Å². The van der Waals surface area contributed by atoms with Gasteiger partial charge in [0.2, 0.25) is 0 Å². The molecule has 0 aromatic carbocycles. The van der Waals surface area contributed by atoms with Gasteiger partial charge in [-0.05, 0) is 19.8 Å². The minimum absolute atomic E-state index is 0.0226. The normalized spacial score (nSPS) is 25.2. The van der Waals surface area contributed by atoms with Gasteiger partial charge in [0.25, 0.3) is 0 Å². The molecule has 1 heterocycles. The van der Waals surface area contributed by atoms with Gasteiger partial charge in [-0.3, -0.25) is 4.79 Å². The molecule has 2 unspecified atom stereocenters. The summed E-state index contributed by atoms with van der Waals surface area (Å²) in [6.45, 7) is 4.40. The Morgan fingerprint density at radius 3 is 2.82 bits per heavy atom. The van der Waals surface area contributed by atoms with E-state index >= 15 is 0 Å². The van der Waals surface area contributed by atoms with Crippen LogP contribution >= 0.6 is 0 Å². The zero-order chi connectivity index (χ0) is 12.9. The lowest BCUT2D eigenvalue weighted by Gasteiger charge is -2.24. The molecule has 1 saturated heterocycles. The van der Waals surface area contributed by atoms with E-state index in [1.54, 1.807) is 13.8 Å². The number of rotatable bonds is 5. The third kappa shape index (κ3) is 5.04. The van der Waals surface area contributed by atoms with Crippen molar-refractivity contribution in [1.82, 2.24) is 5.32 Å². The molecule has 0 saturated carbocycles. The topological polar surface area (TPSA) is 72.5 Å². The highest BCUT2D eigenvalue weighted by atomic mass is 32.2. The maximum atomic E-state index is 11.4. The van der Waals surface area contributed by atoms with Crippen LogP contribution in [0.4, 0.5) is 0 Å². The fourth-order valence-corrected chi connectivity index (χ4v) is 3.57. The first-order valence-electron chi connectivity index (χ1n) is 6.05. The Kier molecular flexibility index (Phi) is 5.39. The van der Waals surface area contributed by atoms with Crippen LogP contribution in [0, 0.1) is 5.92 Å². The Bertz CT molecular complexity index is 352. The molecular formula is C11H21NO4S. The molecule has 1 fully saturated rings. The first-order chi connectivity index (χ1) is 7.94. The van der Waals surface area contributed by atoms with Crippen LogP contribution in [0.15, 0.2) is 0 Å². The summed E-state index contributed by atoms with van der Waals surface area (Å²) in [6, 6.07) is -0.0226. The van der Waals surface area contributed by atoms with Crippen molar-refractivity contribution in [3.8, 4) is 0 Å². The smallest absolute Gasteiger partial charge is 0.309 e. The van der Waals surface area contributed by atoms with Gasteiger partial charge in [0.05, 0.1) is 24.0 Å². The van der Waals surface area contributed by atoms with E-state index < -0.39 is 9.84 Å². The molecular weight excluding hydrogens is 242 g/mol. The summed E-state index contributed by atoms with van der Waals surface area (Å²) >= 11 is 0. The van der Waals surface area contributed by atoms with Crippen molar-refractivity contribution in [3.05, 3.63) is 0 Å². The van der Waals surface area contributed by atoms with Crippen molar-refractivity contribution >= 4 is 15.8 Å². The molecule has 2 atom stereocenters. The number of hydrogen-bond acceptors (Lipinski definition) is 5. The highest BCUT2D eigenvalue weighted by molar-refractivity contribution is 7.91. The van der Waals surface area contributed by atoms with Gasteiger partial charge in [-0.2, -0.15) is 0 Å². The molecule has 1 rings (SSSR count). The number of nitrogens with one attached hydrogen (secondary N) is 1. The molecule has 0 bridgehead atoms. The zero-order valence-electron chi connectivity index (χ0n) is 10.4. The number of carbonyl (C=O) groups is 1. The lowest BCUT2D eigenvalue weighted by molar-refractivity contribution is -0.147. The van der Waals surface area contributed by atoms with Crippen LogP contribution in [0.3, 0.4) is 0 Å². The second kappa shape index (κ2) is 6.35. The van der Waals surface area contributed by atoms with Gasteiger partial charge in [0.15, 0.2) is 9.84 Å². The van der Waals surface area contributed by atoms with Crippen molar-refractivity contribution in [3.63, 3.8) is 0 Å². The Balaban J connectivity index is 2.33. The number of esters is 1. The zero-order valence-corrected chi connectivity index (χ0v) is 11.3. The molecule has 17 heavy (non-hydrogen) atoms. The summed E-state index contributed by atoms with van der Waals surface area (Å²) in [7, 11) is -2.89. The third-order valence-electron chi connectivity index (χ3n) is 2.86. The molecule has 0 aromatic rings. The van der Waals surface area contributed by atoms with E-state index in [4.69, 9.17) is 4.74 Å². The average molecular weight is 263 g/mol. The number of sulfone groups is 1. The van der Waals surface area contributed by atoms with Crippen molar-refractivity contribution in [1.29, 1.82) is 0 Å². The van der Waals surface area contributed by atoms with Gasteiger partial charge in [-0.25, -0.2) is 8.42 Å². The molecule has 0 aliphatic carbocycles. The van der Waals surface area contributed by atoms with Crippen LogP contribution in [-0.4, -0.2) is 45.1 Å². The van der Waals surface area contributed by atoms with Crippen LogP contribution in [-0.2, 0) is 19.4 Å². The second-order valence-corrected chi connectivity index (χ2v) is 6.74. The molecule has 1 N–H and O–H groups in total. The summed E-state index contributed by atoms with van der Waals surface area (Å²) < 4.78 is 27.7. The third-order valence-corrected chi connectivity index (χ3v) is 4.69. The van der Waals surface area contributed by atoms with E-state index in [2.05, 4.69) is 5.32 Å². The quantitative estimate of drug-likeness (QED) is 0.725. The first kappa shape index (κ1) is 14.4. The van der Waals surface area contributed by atoms with Crippen LogP contribution in [0.25, 0.3) is 0 Å². The van der Waals surface area contributed by atoms with E-state index in [1.165, 1.54) is 0 Å². The monoisotopic (exact) mass is 263 g/mol. The summed E-state index contributed by atoms with van der Waals surface area (Å²) in [5, 5.41) is 3.14. The minimum atomic E-state index is -2.89. The standard InChI is InChI=1S/C11H21NO4S/c1-3-16-11(13)9(2)7-12-10-5-4-6-17(14,15)8-10/h9-10,12H,3-8H2,1-2H3. The summed E-state index contributed by atoms with van der Waals surface area (Å²) in [5.74, 6) is -0.000477. The molecule has 0 aromatic heterocycles. The predicted octanol–water partition coefficient (Wildman–Crippen LogP) is 0.352. The van der Waals surface area contributed by atoms with Gasteiger partial charge < -0.3 is 10.1 Å². The molecule has 100 valence electrons. The van der Waals surface area contributed by atoms with Crippen LogP contribution < -0.4 is 5.32 Å². The Morgan fingerprint density at radius 2 is 2.24 bits per heavy atom. The molecule has 0 radical (unpaired) electrons. The fraction of sp³-hybridized carbons (Fsp3) is 0.909. The van der Waals surface area contributed by atoms with Gasteiger partial charge in [0, 0.05) is 12.6 Å². The van der Waals surface area contributed by atoms with Crippen molar-refractivity contribution in [2.75, 3.05) is 24.7 Å². The number of ether oxygens (including phenoxy) is 1. The predicted molar refractivity (Wildman–Crippen MR) is 65.5 cm³/mol. The van der Waals surface area contributed by atoms with Gasteiger partial charge in [-0.15, -0.1) is 0 Å². The Morgan fingerprint density at radius 1 is 1.53 bits per heavy atom. The summed E-state index contributed by atoms with van der Waals surface area (Å²) in [5.41, 5.74) is 0. The molecule has 1 aliphatic heterocycles. The Hall–Kier alpha value is -0.620. The largest absolute Gasteiger partial charge is 0.466 e. The SMILES string of the molecule is CCOC(=O)C(C)CNC1CCCS(=O)(=O)C1. The average Bonchev–Trinajstić information content (AvgIpc) is 2.25. The lowest BCUT2D eigenvalue weighted by atomic mass is 10.1. The minimum Gasteiger partial charge on any atom is -0.466 e. The van der Waals surface area contributed by atoms with E-state index in [1.807, 2.05) is 0 Å². The van der Waals surface area contributed by atoms with E-state index in [-0.39, 0.29) is 23.7 Å². The number of hydrogen-bond donors (Lipinski definition) is 1. The van der Waals surface area contributed by atoms with E-state index in [0.717, 1.165) is 6.42 Å². The van der Waals surface area contributed by atoms with Crippen molar-refractivity contribution < 1.29 is 17.9 Å². The van der Waals surface area contributed by atoms with Gasteiger partial charge in [-0.1, -0.05) is 6.92 Å². The summed E-state index contributed by atoms with van der Waals surface area (Å²) in [6.07, 6.45) is 1.56. The van der Waals surface area contributed by atoms with Crippen LogP contribution in [0.5, 0.6) is 0 Å².